The fourth-order valence-corrected chi connectivity index (χ4v) is 3.35. The van der Waals surface area contributed by atoms with E-state index in [2.05, 4.69) is 22.6 Å². The second-order valence-electron chi connectivity index (χ2n) is 6.97. The Morgan fingerprint density at radius 3 is 2.61 bits per heavy atom. The third-order valence-electron chi connectivity index (χ3n) is 3.84. The van der Waals surface area contributed by atoms with Crippen LogP contribution in [0.25, 0.3) is 6.08 Å². The maximum atomic E-state index is 12.5. The third kappa shape index (κ3) is 3.59. The molecule has 0 saturated carbocycles. The van der Waals surface area contributed by atoms with Crippen molar-refractivity contribution in [1.29, 1.82) is 0 Å². The van der Waals surface area contributed by atoms with Crippen LogP contribution in [0.3, 0.4) is 0 Å². The van der Waals surface area contributed by atoms with E-state index in [1.165, 1.54) is 6.08 Å². The lowest BCUT2D eigenvalue weighted by Gasteiger charge is -2.20. The van der Waals surface area contributed by atoms with E-state index in [9.17, 15) is 9.59 Å². The summed E-state index contributed by atoms with van der Waals surface area (Å²) < 4.78 is 5.97. The van der Waals surface area contributed by atoms with Gasteiger partial charge in [0.2, 0.25) is 5.91 Å². The minimum Gasteiger partial charge on any atom is -0.457 e. The van der Waals surface area contributed by atoms with Crippen molar-refractivity contribution < 1.29 is 14.3 Å². The number of alkyl halides is 1. The number of anilines is 1. The Labute approximate surface area is 151 Å². The maximum Gasteiger partial charge on any atom is 0.331 e. The van der Waals surface area contributed by atoms with Crippen LogP contribution in [0.4, 0.5) is 5.69 Å². The highest BCUT2D eigenvalue weighted by Crippen LogP contribution is 2.42. The molecule has 2 rings (SSSR count). The minimum absolute atomic E-state index is 0.107. The van der Waals surface area contributed by atoms with Gasteiger partial charge in [0.05, 0.1) is 5.41 Å². The van der Waals surface area contributed by atoms with E-state index in [0.717, 1.165) is 16.8 Å². The Morgan fingerprint density at radius 2 is 2.04 bits per heavy atom. The maximum absolute atomic E-state index is 12.5. The number of rotatable bonds is 3. The number of esters is 1. The molecule has 23 heavy (non-hydrogen) atoms. The molecule has 1 atom stereocenters. The van der Waals surface area contributed by atoms with E-state index in [1.54, 1.807) is 18.0 Å². The van der Waals surface area contributed by atoms with Gasteiger partial charge in [0.1, 0.15) is 5.60 Å². The molecule has 5 heteroatoms. The van der Waals surface area contributed by atoms with Gasteiger partial charge in [-0.15, -0.1) is 0 Å². The van der Waals surface area contributed by atoms with Crippen molar-refractivity contribution in [3.63, 3.8) is 0 Å². The molecule has 0 spiro atoms. The van der Waals surface area contributed by atoms with Gasteiger partial charge in [-0.2, -0.15) is 0 Å². The molecule has 1 heterocycles. The van der Waals surface area contributed by atoms with Gasteiger partial charge >= 0.3 is 5.97 Å². The number of nitrogens with zero attached hydrogens (tertiary/aromatic N) is 1. The molecular weight excluding hydrogens is 405 g/mol. The van der Waals surface area contributed by atoms with Gasteiger partial charge in [-0.25, -0.2) is 4.79 Å². The average molecular weight is 427 g/mol. The summed E-state index contributed by atoms with van der Waals surface area (Å²) in [7, 11) is 1.80. The zero-order valence-electron chi connectivity index (χ0n) is 14.1. The molecule has 1 unspecified atom stereocenters. The van der Waals surface area contributed by atoms with Crippen molar-refractivity contribution in [1.82, 2.24) is 0 Å². The van der Waals surface area contributed by atoms with Crippen LogP contribution in [-0.4, -0.2) is 29.0 Å². The first-order chi connectivity index (χ1) is 10.6. The number of benzene rings is 1. The van der Waals surface area contributed by atoms with E-state index in [-0.39, 0.29) is 11.9 Å². The molecule has 4 nitrogen and oxygen atoms in total. The predicted octanol–water partition coefficient (Wildman–Crippen LogP) is 3.71. The summed E-state index contributed by atoms with van der Waals surface area (Å²) in [5.74, 6) is -0.266. The molecule has 1 amide bonds. The molecule has 1 aromatic carbocycles. The van der Waals surface area contributed by atoms with Crippen molar-refractivity contribution in [3.8, 4) is 0 Å². The van der Waals surface area contributed by atoms with Crippen LogP contribution in [0.15, 0.2) is 24.3 Å². The number of ether oxygens (including phenoxy) is 1. The first-order valence-corrected chi connectivity index (χ1v) is 9.01. The van der Waals surface area contributed by atoms with Crippen LogP contribution in [0.5, 0.6) is 0 Å². The summed E-state index contributed by atoms with van der Waals surface area (Å²) in [6, 6.07) is 5.82. The molecule has 0 saturated heterocycles. The summed E-state index contributed by atoms with van der Waals surface area (Å²) in [6.07, 6.45) is 3.15. The second-order valence-corrected chi connectivity index (χ2v) is 7.74. The van der Waals surface area contributed by atoms with Gasteiger partial charge < -0.3 is 9.64 Å². The van der Waals surface area contributed by atoms with E-state index in [4.69, 9.17) is 4.74 Å². The molecule has 0 aliphatic carbocycles. The highest BCUT2D eigenvalue weighted by atomic mass is 127. The van der Waals surface area contributed by atoms with Gasteiger partial charge in [0, 0.05) is 23.2 Å². The smallest absolute Gasteiger partial charge is 0.331 e. The van der Waals surface area contributed by atoms with Crippen LogP contribution >= 0.6 is 22.6 Å². The summed E-state index contributed by atoms with van der Waals surface area (Å²) in [5, 5.41) is 0. The molecule has 1 aliphatic heterocycles. The van der Waals surface area contributed by atoms with Crippen LogP contribution in [0, 0.1) is 0 Å². The largest absolute Gasteiger partial charge is 0.457 e. The lowest BCUT2D eigenvalue weighted by Crippen LogP contribution is -2.37. The first-order valence-electron chi connectivity index (χ1n) is 7.48. The van der Waals surface area contributed by atoms with Crippen molar-refractivity contribution >= 4 is 46.2 Å². The number of likely N-dealkylation sites (N-methyl/N-ethyl adjacent to an activating group) is 1. The number of hydrogen-bond acceptors (Lipinski definition) is 3. The average Bonchev–Trinajstić information content (AvgIpc) is 2.66. The highest BCUT2D eigenvalue weighted by Gasteiger charge is 2.45. The number of fused-ring (bicyclic) bond motifs is 1. The number of amides is 1. The molecule has 0 radical (unpaired) electrons. The van der Waals surface area contributed by atoms with Crippen molar-refractivity contribution in [2.45, 2.75) is 38.7 Å². The van der Waals surface area contributed by atoms with Crippen LogP contribution < -0.4 is 4.90 Å². The fraction of sp³-hybridized carbons (Fsp3) is 0.444. The van der Waals surface area contributed by atoms with Crippen LogP contribution in [0.1, 0.15) is 38.8 Å². The third-order valence-corrected chi connectivity index (χ3v) is 5.36. The monoisotopic (exact) mass is 427 g/mol. The standard InChI is InChI=1S/C18H22INO3/c1-17(2,3)23-15(21)9-7-12-6-8-14-13(10-12)18(4,11-19)16(22)20(14)5/h6-10H,11H2,1-5H3/b9-7+. The summed E-state index contributed by atoms with van der Waals surface area (Å²) in [4.78, 5) is 26.0. The quantitative estimate of drug-likeness (QED) is 0.320. The number of halogens is 1. The Morgan fingerprint density at radius 1 is 1.39 bits per heavy atom. The zero-order valence-corrected chi connectivity index (χ0v) is 16.3. The van der Waals surface area contributed by atoms with Crippen molar-refractivity contribution in [2.24, 2.45) is 0 Å². The van der Waals surface area contributed by atoms with E-state index < -0.39 is 11.0 Å². The van der Waals surface area contributed by atoms with Gasteiger partial charge in [-0.05, 0) is 57.0 Å². The fourth-order valence-electron chi connectivity index (χ4n) is 2.62. The molecular formula is C18H22INO3. The zero-order chi connectivity index (χ0) is 17.4. The molecule has 1 aromatic rings. The minimum atomic E-state index is -0.513. The van der Waals surface area contributed by atoms with E-state index in [0.29, 0.717) is 4.43 Å². The SMILES string of the molecule is CN1C(=O)C(C)(CI)c2cc(/C=C/C(=O)OC(C)(C)C)ccc21. The molecule has 124 valence electrons. The Kier molecular flexibility index (Phi) is 4.89. The van der Waals surface area contributed by atoms with E-state index >= 15 is 0 Å². The molecule has 1 aliphatic rings. The number of carbonyl (C=O) groups is 2. The van der Waals surface area contributed by atoms with Gasteiger partial charge in [-0.3, -0.25) is 4.79 Å². The van der Waals surface area contributed by atoms with Crippen molar-refractivity contribution in [2.75, 3.05) is 16.4 Å². The second kappa shape index (κ2) is 6.26. The van der Waals surface area contributed by atoms with Crippen molar-refractivity contribution in [3.05, 3.63) is 35.4 Å². The number of carbonyl (C=O) groups excluding carboxylic acids is 2. The molecule has 0 bridgehead atoms. The molecule has 0 N–H and O–H groups in total. The highest BCUT2D eigenvalue weighted by molar-refractivity contribution is 14.1. The van der Waals surface area contributed by atoms with Crippen LogP contribution in [0.2, 0.25) is 0 Å². The summed E-state index contributed by atoms with van der Waals surface area (Å²) >= 11 is 2.25. The van der Waals surface area contributed by atoms with Gasteiger partial charge in [0.25, 0.3) is 0 Å². The van der Waals surface area contributed by atoms with E-state index in [1.807, 2.05) is 45.9 Å². The lowest BCUT2D eigenvalue weighted by atomic mass is 9.85. The normalized spacial score (nSPS) is 21.0. The number of hydrogen-bond donors (Lipinski definition) is 0. The Balaban J connectivity index is 2.29. The lowest BCUT2D eigenvalue weighted by molar-refractivity contribution is -0.148. The Bertz CT molecular complexity index is 675. The molecule has 0 fully saturated rings. The van der Waals surface area contributed by atoms with Gasteiger partial charge in [0.15, 0.2) is 0 Å². The molecule has 0 aromatic heterocycles. The van der Waals surface area contributed by atoms with Gasteiger partial charge in [-0.1, -0.05) is 28.7 Å². The predicted molar refractivity (Wildman–Crippen MR) is 101 cm³/mol. The topological polar surface area (TPSA) is 46.6 Å². The summed E-state index contributed by atoms with van der Waals surface area (Å²) in [5.41, 5.74) is 1.80. The van der Waals surface area contributed by atoms with Crippen LogP contribution in [-0.2, 0) is 19.7 Å². The Hall–Kier alpha value is -1.37. The first kappa shape index (κ1) is 18.0. The summed E-state index contributed by atoms with van der Waals surface area (Å²) in [6.45, 7) is 7.47.